The zero-order valence-corrected chi connectivity index (χ0v) is 24.2. The summed E-state index contributed by atoms with van der Waals surface area (Å²) in [5.74, 6) is -0.417. The lowest BCUT2D eigenvalue weighted by Crippen LogP contribution is -2.60. The summed E-state index contributed by atoms with van der Waals surface area (Å²) >= 11 is 0. The van der Waals surface area contributed by atoms with Crippen LogP contribution in [0.5, 0.6) is 17.2 Å². The molecule has 2 aromatic rings. The summed E-state index contributed by atoms with van der Waals surface area (Å²) < 4.78 is 32.6. The number of carbonyl (C=O) groups is 1. The molecule has 2 aromatic carbocycles. The van der Waals surface area contributed by atoms with Gasteiger partial charge in [-0.1, -0.05) is 18.2 Å². The minimum Gasteiger partial charge on any atom is -0.508 e. The number of carbonyl (C=O) groups excluding carboxylic acids is 1. The number of aliphatic hydroxyl groups is 7. The van der Waals surface area contributed by atoms with Gasteiger partial charge in [0.25, 0.3) is 0 Å². The van der Waals surface area contributed by atoms with Gasteiger partial charge in [-0.15, -0.1) is 0 Å². The average Bonchev–Trinajstić information content (AvgIpc) is 3.04. The summed E-state index contributed by atoms with van der Waals surface area (Å²) in [7, 11) is 1.35. The van der Waals surface area contributed by atoms with Crippen molar-refractivity contribution in [2.75, 3.05) is 26.9 Å². The van der Waals surface area contributed by atoms with Crippen LogP contribution < -0.4 is 9.47 Å². The van der Waals surface area contributed by atoms with Gasteiger partial charge >= 0.3 is 5.97 Å². The number of ether oxygens (including phenoxy) is 6. The van der Waals surface area contributed by atoms with Crippen molar-refractivity contribution < 1.29 is 74.1 Å². The molecule has 8 N–H and O–H groups in total. The smallest absolute Gasteiger partial charge is 0.330 e. The van der Waals surface area contributed by atoms with E-state index >= 15 is 0 Å². The van der Waals surface area contributed by atoms with E-state index in [2.05, 4.69) is 0 Å². The minimum absolute atomic E-state index is 0.0976. The predicted molar refractivity (Wildman–Crippen MR) is 152 cm³/mol. The van der Waals surface area contributed by atoms with E-state index in [1.165, 1.54) is 43.5 Å². The number of rotatable bonds is 12. The van der Waals surface area contributed by atoms with Crippen LogP contribution in [0.15, 0.2) is 48.5 Å². The number of esters is 1. The monoisotopic (exact) mass is 638 g/mol. The van der Waals surface area contributed by atoms with Crippen LogP contribution in [0.25, 0.3) is 6.08 Å². The summed E-state index contributed by atoms with van der Waals surface area (Å²) in [5, 5.41) is 79.8. The SMILES string of the molecule is COc1cc(C=CC(=O)OC[C@H]2O[C@@H](OCCc3ccc(O)cc3)[C@H](O)[C@@H](O)[C@@H]2O)ccc1O[C@@H]1O[C@H](CO)[C@@H](O)[C@H](O)[C@H]1O. The number of phenolic OH excluding ortho intramolecular Hbond substituents is 1. The van der Waals surface area contributed by atoms with Gasteiger partial charge in [0.15, 0.2) is 17.8 Å². The molecule has 0 aromatic heterocycles. The van der Waals surface area contributed by atoms with Crippen molar-refractivity contribution in [2.45, 2.75) is 67.8 Å². The molecule has 2 heterocycles. The molecule has 0 amide bonds. The molecule has 15 heteroatoms. The summed E-state index contributed by atoms with van der Waals surface area (Å²) in [4.78, 5) is 12.4. The molecule has 2 aliphatic rings. The second-order valence-electron chi connectivity index (χ2n) is 10.5. The molecule has 0 radical (unpaired) electrons. The molecule has 0 bridgehead atoms. The lowest BCUT2D eigenvalue weighted by molar-refractivity contribution is -0.301. The van der Waals surface area contributed by atoms with Gasteiger partial charge < -0.3 is 69.3 Å². The van der Waals surface area contributed by atoms with Crippen molar-refractivity contribution in [1.82, 2.24) is 0 Å². The van der Waals surface area contributed by atoms with E-state index in [4.69, 9.17) is 28.4 Å². The molecule has 248 valence electrons. The number of aromatic hydroxyl groups is 1. The number of methoxy groups -OCH3 is 1. The third-order valence-electron chi connectivity index (χ3n) is 7.36. The van der Waals surface area contributed by atoms with E-state index in [-0.39, 0.29) is 23.9 Å². The van der Waals surface area contributed by atoms with Crippen LogP contribution in [0.2, 0.25) is 0 Å². The van der Waals surface area contributed by atoms with Crippen molar-refractivity contribution in [2.24, 2.45) is 0 Å². The third-order valence-corrected chi connectivity index (χ3v) is 7.36. The largest absolute Gasteiger partial charge is 0.508 e. The first-order valence-electron chi connectivity index (χ1n) is 14.1. The number of hydrogen-bond acceptors (Lipinski definition) is 15. The van der Waals surface area contributed by atoms with Gasteiger partial charge in [0.1, 0.15) is 61.2 Å². The maximum absolute atomic E-state index is 12.4. The van der Waals surface area contributed by atoms with E-state index in [0.717, 1.165) is 11.6 Å². The molecule has 0 spiro atoms. The normalized spacial score (nSPS) is 31.9. The zero-order chi connectivity index (χ0) is 32.7. The molecule has 2 fully saturated rings. The van der Waals surface area contributed by atoms with E-state index in [0.29, 0.717) is 12.0 Å². The number of aliphatic hydroxyl groups excluding tert-OH is 7. The Morgan fingerprint density at radius 1 is 0.822 bits per heavy atom. The summed E-state index contributed by atoms with van der Waals surface area (Å²) in [6.45, 7) is -0.978. The van der Waals surface area contributed by atoms with Crippen LogP contribution in [0.1, 0.15) is 11.1 Å². The van der Waals surface area contributed by atoms with E-state index in [1.54, 1.807) is 12.1 Å². The van der Waals surface area contributed by atoms with Crippen LogP contribution in [-0.2, 0) is 30.2 Å². The van der Waals surface area contributed by atoms with Crippen LogP contribution in [0, 0.1) is 0 Å². The summed E-state index contributed by atoms with van der Waals surface area (Å²) in [5.41, 5.74) is 1.32. The molecule has 15 nitrogen and oxygen atoms in total. The maximum Gasteiger partial charge on any atom is 0.330 e. The first-order valence-corrected chi connectivity index (χ1v) is 14.1. The summed E-state index contributed by atoms with van der Waals surface area (Å²) in [6.07, 6.45) is -11.7. The van der Waals surface area contributed by atoms with Crippen LogP contribution >= 0.6 is 0 Å². The molecule has 10 atom stereocenters. The molecular weight excluding hydrogens is 600 g/mol. The Balaban J connectivity index is 1.30. The second kappa shape index (κ2) is 15.8. The highest BCUT2D eigenvalue weighted by Gasteiger charge is 2.46. The molecule has 2 aliphatic heterocycles. The van der Waals surface area contributed by atoms with Crippen molar-refractivity contribution in [3.63, 3.8) is 0 Å². The van der Waals surface area contributed by atoms with E-state index in [9.17, 15) is 45.6 Å². The fourth-order valence-electron chi connectivity index (χ4n) is 4.70. The molecule has 0 aliphatic carbocycles. The Morgan fingerprint density at radius 2 is 1.47 bits per heavy atom. The molecule has 45 heavy (non-hydrogen) atoms. The molecule has 2 saturated heterocycles. The summed E-state index contributed by atoms with van der Waals surface area (Å²) in [6, 6.07) is 10.9. The molecule has 4 rings (SSSR count). The molecule has 0 saturated carbocycles. The molecule has 0 unspecified atom stereocenters. The highest BCUT2D eigenvalue weighted by atomic mass is 16.7. The molecular formula is C30H38O15. The lowest BCUT2D eigenvalue weighted by atomic mass is 9.99. The topological polar surface area (TPSA) is 234 Å². The first-order chi connectivity index (χ1) is 21.5. The van der Waals surface area contributed by atoms with E-state index < -0.39 is 80.6 Å². The maximum atomic E-state index is 12.4. The van der Waals surface area contributed by atoms with Gasteiger partial charge in [0.05, 0.1) is 20.3 Å². The van der Waals surface area contributed by atoms with Gasteiger partial charge in [-0.25, -0.2) is 4.79 Å². The van der Waals surface area contributed by atoms with Gasteiger partial charge in [0.2, 0.25) is 6.29 Å². The number of phenols is 1. The predicted octanol–water partition coefficient (Wildman–Crippen LogP) is -1.80. The van der Waals surface area contributed by atoms with Crippen molar-refractivity contribution >= 4 is 12.0 Å². The van der Waals surface area contributed by atoms with Crippen molar-refractivity contribution in [3.05, 3.63) is 59.7 Å². The quantitative estimate of drug-likeness (QED) is 0.0947. The second-order valence-corrected chi connectivity index (χ2v) is 10.5. The number of hydrogen-bond donors (Lipinski definition) is 8. The Hall–Kier alpha value is -3.35. The first kappa shape index (κ1) is 34.5. The van der Waals surface area contributed by atoms with Gasteiger partial charge in [-0.05, 0) is 47.9 Å². The third kappa shape index (κ3) is 8.68. The highest BCUT2D eigenvalue weighted by Crippen LogP contribution is 2.32. The number of benzene rings is 2. The van der Waals surface area contributed by atoms with Gasteiger partial charge in [0, 0.05) is 6.08 Å². The highest BCUT2D eigenvalue weighted by molar-refractivity contribution is 5.87. The Kier molecular flexibility index (Phi) is 12.1. The fraction of sp³-hybridized carbons (Fsp3) is 0.500. The van der Waals surface area contributed by atoms with Crippen LogP contribution in [0.4, 0.5) is 0 Å². The van der Waals surface area contributed by atoms with Gasteiger partial charge in [-0.2, -0.15) is 0 Å². The van der Waals surface area contributed by atoms with Gasteiger partial charge in [-0.3, -0.25) is 0 Å². The Morgan fingerprint density at radius 3 is 2.13 bits per heavy atom. The van der Waals surface area contributed by atoms with Crippen molar-refractivity contribution in [1.29, 1.82) is 0 Å². The Labute approximate surface area is 258 Å². The van der Waals surface area contributed by atoms with Crippen molar-refractivity contribution in [3.8, 4) is 17.2 Å². The minimum atomic E-state index is -1.62. The fourth-order valence-corrected chi connectivity index (χ4v) is 4.70. The Bertz CT molecular complexity index is 1270. The zero-order valence-electron chi connectivity index (χ0n) is 24.2. The lowest BCUT2D eigenvalue weighted by Gasteiger charge is -2.39. The van der Waals surface area contributed by atoms with Crippen LogP contribution in [0.3, 0.4) is 0 Å². The standard InChI is InChI=1S/C30H38O15/c1-40-19-12-16(4-8-18(19)43-30-28(39)25(36)23(34)20(13-31)44-30)5-9-22(33)42-14-21-24(35)26(37)27(38)29(45-21)41-11-10-15-2-6-17(32)7-3-15/h2-9,12,20-21,23-32,34-39H,10-11,13-14H2,1H3/t20-,21-,23-,24-,25+,26+,27-,28-,29-,30-/m1/s1. The van der Waals surface area contributed by atoms with E-state index in [1.807, 2.05) is 0 Å². The van der Waals surface area contributed by atoms with Crippen LogP contribution in [-0.4, -0.2) is 135 Å². The average molecular weight is 639 g/mol.